The van der Waals surface area contributed by atoms with E-state index in [9.17, 15) is 14.0 Å². The normalized spacial score (nSPS) is 16.7. The van der Waals surface area contributed by atoms with Crippen molar-refractivity contribution in [2.75, 3.05) is 16.9 Å². The number of amides is 2. The Morgan fingerprint density at radius 2 is 2.21 bits per heavy atom. The molecular formula is C16H13FN4O2S. The second-order valence-corrected chi connectivity index (χ2v) is 6.17. The van der Waals surface area contributed by atoms with Crippen LogP contribution < -0.4 is 5.32 Å². The van der Waals surface area contributed by atoms with Crippen LogP contribution in [0, 0.1) is 17.1 Å². The van der Waals surface area contributed by atoms with Gasteiger partial charge in [-0.3, -0.25) is 9.59 Å². The van der Waals surface area contributed by atoms with Gasteiger partial charge in [0.25, 0.3) is 5.91 Å². The highest BCUT2D eigenvalue weighted by Crippen LogP contribution is 2.24. The first-order valence-corrected chi connectivity index (χ1v) is 8.28. The van der Waals surface area contributed by atoms with Crippen LogP contribution in [-0.4, -0.2) is 39.4 Å². The van der Waals surface area contributed by atoms with Gasteiger partial charge in [0.1, 0.15) is 23.6 Å². The van der Waals surface area contributed by atoms with Crippen molar-refractivity contribution >= 4 is 29.3 Å². The number of rotatable bonds is 3. The predicted octanol–water partition coefficient (Wildman–Crippen LogP) is 2.18. The molecule has 1 aromatic carbocycles. The molecule has 1 atom stereocenters. The molecule has 2 heterocycles. The first-order chi connectivity index (χ1) is 11.6. The van der Waals surface area contributed by atoms with Crippen molar-refractivity contribution in [3.63, 3.8) is 0 Å². The number of nitriles is 1. The number of benzene rings is 1. The Hall–Kier alpha value is -2.79. The molecule has 1 aromatic heterocycles. The summed E-state index contributed by atoms with van der Waals surface area (Å²) >= 11 is 1.44. The monoisotopic (exact) mass is 344 g/mol. The highest BCUT2D eigenvalue weighted by molar-refractivity contribution is 7.99. The fourth-order valence-corrected chi connectivity index (χ4v) is 3.53. The van der Waals surface area contributed by atoms with Gasteiger partial charge in [-0.05, 0) is 18.2 Å². The van der Waals surface area contributed by atoms with Crippen molar-refractivity contribution < 1.29 is 14.0 Å². The van der Waals surface area contributed by atoms with Gasteiger partial charge in [0.2, 0.25) is 5.91 Å². The van der Waals surface area contributed by atoms with Gasteiger partial charge in [0, 0.05) is 11.9 Å². The number of nitrogens with one attached hydrogen (secondary N) is 2. The molecule has 2 aromatic rings. The number of hydrogen-bond donors (Lipinski definition) is 2. The van der Waals surface area contributed by atoms with E-state index >= 15 is 0 Å². The molecule has 1 saturated heterocycles. The Kier molecular flexibility index (Phi) is 4.53. The number of hydrogen-bond acceptors (Lipinski definition) is 4. The number of para-hydroxylation sites is 1. The average Bonchev–Trinajstić information content (AvgIpc) is 3.25. The highest BCUT2D eigenvalue weighted by Gasteiger charge is 2.35. The molecule has 0 aliphatic carbocycles. The summed E-state index contributed by atoms with van der Waals surface area (Å²) in [6.45, 7) is 0. The molecular weight excluding hydrogens is 331 g/mol. The second-order valence-electron chi connectivity index (χ2n) is 5.17. The summed E-state index contributed by atoms with van der Waals surface area (Å²) in [6.07, 6.45) is 1.44. The van der Waals surface area contributed by atoms with E-state index in [1.807, 2.05) is 6.07 Å². The SMILES string of the molecule is N#Cc1c[nH]c(C(=O)N2CSC[C@H]2C(=O)Nc2ccccc2F)c1. The lowest BCUT2D eigenvalue weighted by Gasteiger charge is -2.22. The Balaban J connectivity index is 1.75. The Morgan fingerprint density at radius 1 is 1.42 bits per heavy atom. The van der Waals surface area contributed by atoms with E-state index in [1.54, 1.807) is 6.07 Å². The highest BCUT2D eigenvalue weighted by atomic mass is 32.2. The lowest BCUT2D eigenvalue weighted by Crippen LogP contribution is -2.44. The first-order valence-electron chi connectivity index (χ1n) is 7.13. The molecule has 0 radical (unpaired) electrons. The Morgan fingerprint density at radius 3 is 2.92 bits per heavy atom. The minimum absolute atomic E-state index is 0.0819. The van der Waals surface area contributed by atoms with E-state index in [0.717, 1.165) is 0 Å². The maximum absolute atomic E-state index is 13.7. The molecule has 0 saturated carbocycles. The number of anilines is 1. The number of nitrogens with zero attached hydrogens (tertiary/aromatic N) is 2. The Labute approximate surface area is 141 Å². The van der Waals surface area contributed by atoms with Gasteiger partial charge in [-0.2, -0.15) is 5.26 Å². The van der Waals surface area contributed by atoms with Crippen molar-refractivity contribution in [2.45, 2.75) is 6.04 Å². The van der Waals surface area contributed by atoms with E-state index in [4.69, 9.17) is 5.26 Å². The number of thioether (sulfide) groups is 1. The van der Waals surface area contributed by atoms with Crippen LogP contribution in [0.25, 0.3) is 0 Å². The lowest BCUT2D eigenvalue weighted by atomic mass is 10.2. The number of H-pyrrole nitrogens is 1. The van der Waals surface area contributed by atoms with Crippen molar-refractivity contribution in [3.05, 3.63) is 53.6 Å². The molecule has 0 unspecified atom stereocenters. The molecule has 122 valence electrons. The quantitative estimate of drug-likeness (QED) is 0.893. The number of aromatic nitrogens is 1. The van der Waals surface area contributed by atoms with Crippen molar-refractivity contribution in [3.8, 4) is 6.07 Å². The molecule has 0 bridgehead atoms. The largest absolute Gasteiger partial charge is 0.356 e. The fourth-order valence-electron chi connectivity index (χ4n) is 2.38. The third-order valence-electron chi connectivity index (χ3n) is 3.62. The number of carbonyl (C=O) groups excluding carboxylic acids is 2. The van der Waals surface area contributed by atoms with Gasteiger partial charge in [-0.15, -0.1) is 11.8 Å². The summed E-state index contributed by atoms with van der Waals surface area (Å²) in [4.78, 5) is 29.1. The van der Waals surface area contributed by atoms with E-state index in [0.29, 0.717) is 17.2 Å². The molecule has 3 rings (SSSR count). The minimum atomic E-state index is -0.698. The topological polar surface area (TPSA) is 89.0 Å². The molecule has 2 amide bonds. The smallest absolute Gasteiger partial charge is 0.271 e. The number of halogens is 1. The van der Waals surface area contributed by atoms with Gasteiger partial charge in [0.15, 0.2) is 0 Å². The van der Waals surface area contributed by atoms with E-state index in [1.165, 1.54) is 47.1 Å². The van der Waals surface area contributed by atoms with Crippen molar-refractivity contribution in [1.82, 2.24) is 9.88 Å². The summed E-state index contributed by atoms with van der Waals surface area (Å²) < 4.78 is 13.7. The maximum atomic E-state index is 13.7. The predicted molar refractivity (Wildman–Crippen MR) is 87.8 cm³/mol. The molecule has 1 aliphatic rings. The van der Waals surface area contributed by atoms with E-state index in [2.05, 4.69) is 10.3 Å². The summed E-state index contributed by atoms with van der Waals surface area (Å²) in [5.74, 6) is -0.550. The molecule has 1 fully saturated rings. The molecule has 2 N–H and O–H groups in total. The maximum Gasteiger partial charge on any atom is 0.271 e. The lowest BCUT2D eigenvalue weighted by molar-refractivity contribution is -0.119. The summed E-state index contributed by atoms with van der Waals surface area (Å²) in [7, 11) is 0. The van der Waals surface area contributed by atoms with Crippen LogP contribution in [0.2, 0.25) is 0 Å². The van der Waals surface area contributed by atoms with Crippen LogP contribution in [0.5, 0.6) is 0 Å². The van der Waals surface area contributed by atoms with Gasteiger partial charge in [-0.1, -0.05) is 12.1 Å². The molecule has 1 aliphatic heterocycles. The molecule has 0 spiro atoms. The molecule has 24 heavy (non-hydrogen) atoms. The minimum Gasteiger partial charge on any atom is -0.356 e. The van der Waals surface area contributed by atoms with E-state index in [-0.39, 0.29) is 17.3 Å². The van der Waals surface area contributed by atoms with Gasteiger partial charge < -0.3 is 15.2 Å². The van der Waals surface area contributed by atoms with Crippen LogP contribution in [0.1, 0.15) is 16.1 Å². The van der Waals surface area contributed by atoms with Crippen LogP contribution in [-0.2, 0) is 4.79 Å². The molecule has 8 heteroatoms. The third kappa shape index (κ3) is 3.12. The fraction of sp³-hybridized carbons (Fsp3) is 0.188. The third-order valence-corrected chi connectivity index (χ3v) is 4.63. The van der Waals surface area contributed by atoms with Gasteiger partial charge in [0.05, 0.1) is 17.1 Å². The summed E-state index contributed by atoms with van der Waals surface area (Å²) in [5.41, 5.74) is 0.675. The van der Waals surface area contributed by atoms with Gasteiger partial charge in [-0.25, -0.2) is 4.39 Å². The van der Waals surface area contributed by atoms with Crippen LogP contribution >= 0.6 is 11.8 Å². The van der Waals surface area contributed by atoms with Crippen molar-refractivity contribution in [1.29, 1.82) is 5.26 Å². The summed E-state index contributed by atoms with van der Waals surface area (Å²) in [5, 5.41) is 11.4. The number of carbonyl (C=O) groups is 2. The average molecular weight is 344 g/mol. The van der Waals surface area contributed by atoms with Crippen LogP contribution in [0.3, 0.4) is 0 Å². The van der Waals surface area contributed by atoms with Gasteiger partial charge >= 0.3 is 0 Å². The zero-order chi connectivity index (χ0) is 17.1. The van der Waals surface area contributed by atoms with Crippen LogP contribution in [0.4, 0.5) is 10.1 Å². The molecule has 6 nitrogen and oxygen atoms in total. The standard InChI is InChI=1S/C16H13FN4O2S/c17-11-3-1-2-4-12(11)20-15(22)14-8-24-9-21(14)16(23)13-5-10(6-18)7-19-13/h1-5,7,14,19H,8-9H2,(H,20,22)/t14-/m0/s1. The second kappa shape index (κ2) is 6.76. The first kappa shape index (κ1) is 16.1. The zero-order valence-electron chi connectivity index (χ0n) is 12.5. The Bertz CT molecular complexity index is 829. The van der Waals surface area contributed by atoms with Crippen LogP contribution in [0.15, 0.2) is 36.5 Å². The van der Waals surface area contributed by atoms with Crippen molar-refractivity contribution in [2.24, 2.45) is 0 Å². The van der Waals surface area contributed by atoms with E-state index < -0.39 is 17.8 Å². The zero-order valence-corrected chi connectivity index (χ0v) is 13.3. The number of aromatic amines is 1. The summed E-state index contributed by atoms with van der Waals surface area (Å²) in [6, 6.07) is 8.55.